The van der Waals surface area contributed by atoms with Crippen molar-refractivity contribution in [2.24, 2.45) is 0 Å². The fourth-order valence-corrected chi connectivity index (χ4v) is 5.67. The van der Waals surface area contributed by atoms with Gasteiger partial charge in [0.05, 0.1) is 16.1 Å². The number of anilines is 1. The van der Waals surface area contributed by atoms with E-state index >= 15 is 0 Å². The second-order valence-electron chi connectivity index (χ2n) is 8.25. The molecule has 0 bridgehead atoms. The largest absolute Gasteiger partial charge is 0.478 e. The summed E-state index contributed by atoms with van der Waals surface area (Å²) in [7, 11) is -4.17. The molecule has 1 aliphatic carbocycles. The lowest BCUT2D eigenvalue weighted by molar-refractivity contribution is 0.0696. The van der Waals surface area contributed by atoms with Crippen molar-refractivity contribution in [1.29, 1.82) is 0 Å². The van der Waals surface area contributed by atoms with Gasteiger partial charge in [-0.2, -0.15) is 0 Å². The van der Waals surface area contributed by atoms with Crippen LogP contribution < -0.4 is 4.72 Å². The lowest BCUT2D eigenvalue weighted by Gasteiger charge is -2.23. The highest BCUT2D eigenvalue weighted by Crippen LogP contribution is 2.32. The zero-order chi connectivity index (χ0) is 24.2. The molecule has 2 N–H and O–H groups in total. The van der Waals surface area contributed by atoms with Crippen molar-refractivity contribution >= 4 is 27.8 Å². The molecule has 0 spiro atoms. The van der Waals surface area contributed by atoms with Crippen LogP contribution in [-0.2, 0) is 22.9 Å². The van der Waals surface area contributed by atoms with Gasteiger partial charge in [-0.1, -0.05) is 32.1 Å². The van der Waals surface area contributed by atoms with Crippen LogP contribution in [0.25, 0.3) is 6.08 Å². The topological polar surface area (TPSA) is 86.7 Å². The Morgan fingerprint density at radius 3 is 2.55 bits per heavy atom. The lowest BCUT2D eigenvalue weighted by atomic mass is 9.87. The zero-order valence-electron chi connectivity index (χ0n) is 19.3. The first-order chi connectivity index (χ1) is 15.7. The van der Waals surface area contributed by atoms with Crippen LogP contribution in [0.3, 0.4) is 0 Å². The molecule has 178 valence electrons. The minimum absolute atomic E-state index is 0.00913. The van der Waals surface area contributed by atoms with E-state index in [4.69, 9.17) is 0 Å². The highest BCUT2D eigenvalue weighted by Gasteiger charge is 2.25. The minimum Gasteiger partial charge on any atom is -0.478 e. The third kappa shape index (κ3) is 5.62. The Hall–Kier alpha value is -2.71. The molecule has 2 aromatic rings. The molecule has 33 heavy (non-hydrogen) atoms. The van der Waals surface area contributed by atoms with Gasteiger partial charge in [-0.05, 0) is 86.7 Å². The van der Waals surface area contributed by atoms with Gasteiger partial charge in [0.25, 0.3) is 10.0 Å². The molecule has 1 atom stereocenters. The Balaban J connectivity index is 2.00. The molecule has 0 saturated carbocycles. The Morgan fingerprint density at radius 2 is 1.88 bits per heavy atom. The van der Waals surface area contributed by atoms with Gasteiger partial charge in [-0.15, -0.1) is 0 Å². The number of halogens is 1. The van der Waals surface area contributed by atoms with Gasteiger partial charge in [0.1, 0.15) is 5.82 Å². The number of aryl methyl sites for hydroxylation is 1. The van der Waals surface area contributed by atoms with Crippen LogP contribution in [0.5, 0.6) is 0 Å². The number of rotatable bonds is 9. The second kappa shape index (κ2) is 10.5. The summed E-state index contributed by atoms with van der Waals surface area (Å²) in [6.45, 7) is 7.71. The summed E-state index contributed by atoms with van der Waals surface area (Å²) >= 11 is 0. The third-order valence-electron chi connectivity index (χ3n) is 6.19. The quantitative estimate of drug-likeness (QED) is 0.537. The summed E-state index contributed by atoms with van der Waals surface area (Å²) in [5.41, 5.74) is 1.85. The summed E-state index contributed by atoms with van der Waals surface area (Å²) < 4.78 is 43.0. The van der Waals surface area contributed by atoms with Gasteiger partial charge in [-0.3, -0.25) is 9.62 Å². The van der Waals surface area contributed by atoms with Crippen LogP contribution in [0, 0.1) is 5.82 Å². The van der Waals surface area contributed by atoms with Crippen molar-refractivity contribution in [1.82, 2.24) is 4.90 Å². The highest BCUT2D eigenvalue weighted by atomic mass is 32.2. The van der Waals surface area contributed by atoms with Gasteiger partial charge >= 0.3 is 5.97 Å². The fraction of sp³-hybridized carbons (Fsp3) is 0.400. The molecule has 2 aromatic carbocycles. The number of fused-ring (bicyclic) bond motifs is 1. The normalized spacial score (nSPS) is 14.9. The van der Waals surface area contributed by atoms with E-state index in [9.17, 15) is 22.7 Å². The number of aromatic carboxylic acids is 1. The van der Waals surface area contributed by atoms with E-state index in [2.05, 4.69) is 9.62 Å². The van der Waals surface area contributed by atoms with Gasteiger partial charge in [0.15, 0.2) is 0 Å². The number of carbonyl (C=O) groups is 1. The van der Waals surface area contributed by atoms with Gasteiger partial charge in [0.2, 0.25) is 0 Å². The van der Waals surface area contributed by atoms with Crippen molar-refractivity contribution in [3.8, 4) is 0 Å². The Morgan fingerprint density at radius 1 is 1.18 bits per heavy atom. The fourth-order valence-electron chi connectivity index (χ4n) is 4.42. The molecule has 0 fully saturated rings. The maximum absolute atomic E-state index is 14.0. The predicted octanol–water partition coefficient (Wildman–Crippen LogP) is 4.95. The first-order valence-electron chi connectivity index (χ1n) is 11.3. The first-order valence-corrected chi connectivity index (χ1v) is 12.8. The number of sulfonamides is 1. The van der Waals surface area contributed by atoms with E-state index in [1.807, 2.05) is 26.8 Å². The average molecular weight is 475 g/mol. The molecule has 6 nitrogen and oxygen atoms in total. The molecule has 0 heterocycles. The van der Waals surface area contributed by atoms with Crippen LogP contribution in [0.1, 0.15) is 60.7 Å². The molecule has 0 radical (unpaired) electrons. The minimum atomic E-state index is -4.17. The summed E-state index contributed by atoms with van der Waals surface area (Å²) in [4.78, 5) is 14.1. The van der Waals surface area contributed by atoms with Crippen LogP contribution in [0.2, 0.25) is 0 Å². The summed E-state index contributed by atoms with van der Waals surface area (Å²) in [5.74, 6) is -1.72. The molecule has 0 aromatic heterocycles. The van der Waals surface area contributed by atoms with E-state index < -0.39 is 21.8 Å². The molecule has 0 aliphatic heterocycles. The third-order valence-corrected chi connectivity index (χ3v) is 7.63. The maximum atomic E-state index is 14.0. The standard InChI is InChI=1S/C25H31FN2O4S/c1-4-28(5-2)17(3)10-11-19-16-20(26)13-15-23(19)33(31,32)27-22-14-12-18-8-6-7-9-21(18)24(22)25(29)30/h10-17,27H,4-9H2,1-3H3,(H,29,30)/b11-10+. The van der Waals surface area contributed by atoms with E-state index in [0.717, 1.165) is 44.0 Å². The molecular weight excluding hydrogens is 443 g/mol. The molecule has 8 heteroatoms. The van der Waals surface area contributed by atoms with E-state index in [1.54, 1.807) is 12.1 Å². The Kier molecular flexibility index (Phi) is 7.92. The average Bonchev–Trinajstić information content (AvgIpc) is 2.77. The summed E-state index contributed by atoms with van der Waals surface area (Å²) in [6.07, 6.45) is 6.66. The lowest BCUT2D eigenvalue weighted by Crippen LogP contribution is -2.31. The SMILES string of the molecule is CCN(CC)C(C)/C=C/c1cc(F)ccc1S(=O)(=O)Nc1ccc2c(c1C(=O)O)CCCC2. The number of hydrogen-bond donors (Lipinski definition) is 2. The van der Waals surface area contributed by atoms with Gasteiger partial charge < -0.3 is 5.11 Å². The van der Waals surface area contributed by atoms with Crippen LogP contribution in [0.15, 0.2) is 41.3 Å². The van der Waals surface area contributed by atoms with Crippen molar-refractivity contribution in [2.45, 2.75) is 57.4 Å². The molecule has 0 amide bonds. The summed E-state index contributed by atoms with van der Waals surface area (Å²) in [6, 6.07) is 6.79. The van der Waals surface area contributed by atoms with E-state index in [1.165, 1.54) is 18.2 Å². The Bertz CT molecular complexity index is 1160. The molecule has 0 saturated heterocycles. The number of carboxylic acids is 1. The van der Waals surface area contributed by atoms with Crippen molar-refractivity contribution in [3.63, 3.8) is 0 Å². The number of hydrogen-bond acceptors (Lipinski definition) is 4. The van der Waals surface area contributed by atoms with Crippen molar-refractivity contribution in [3.05, 3.63) is 64.5 Å². The summed E-state index contributed by atoms with van der Waals surface area (Å²) in [5, 5.41) is 9.82. The zero-order valence-corrected chi connectivity index (χ0v) is 20.1. The predicted molar refractivity (Wildman–Crippen MR) is 129 cm³/mol. The van der Waals surface area contributed by atoms with Gasteiger partial charge in [-0.25, -0.2) is 17.6 Å². The molecular formula is C25H31FN2O4S. The number of likely N-dealkylation sites (N-methyl/N-ethyl adjacent to an activating group) is 1. The monoisotopic (exact) mass is 474 g/mol. The number of nitrogens with one attached hydrogen (secondary N) is 1. The number of benzene rings is 2. The maximum Gasteiger partial charge on any atom is 0.338 e. The first kappa shape index (κ1) is 24.9. The van der Waals surface area contributed by atoms with Crippen LogP contribution in [-0.4, -0.2) is 43.5 Å². The molecule has 3 rings (SSSR count). The number of nitrogens with zero attached hydrogens (tertiary/aromatic N) is 1. The van der Waals surface area contributed by atoms with E-state index in [-0.39, 0.29) is 27.8 Å². The van der Waals surface area contributed by atoms with Crippen molar-refractivity contribution in [2.75, 3.05) is 17.8 Å². The Labute approximate surface area is 195 Å². The molecule has 1 unspecified atom stereocenters. The van der Waals surface area contributed by atoms with Crippen molar-refractivity contribution < 1.29 is 22.7 Å². The second-order valence-corrected chi connectivity index (χ2v) is 9.90. The molecule has 1 aliphatic rings. The van der Waals surface area contributed by atoms with Crippen LogP contribution >= 0.6 is 0 Å². The van der Waals surface area contributed by atoms with Gasteiger partial charge in [0, 0.05) is 6.04 Å². The van der Waals surface area contributed by atoms with E-state index in [0.29, 0.717) is 12.0 Å². The smallest absolute Gasteiger partial charge is 0.338 e. The van der Waals surface area contributed by atoms with Crippen LogP contribution in [0.4, 0.5) is 10.1 Å². The number of carboxylic acid groups (broad SMARTS) is 1. The highest BCUT2D eigenvalue weighted by molar-refractivity contribution is 7.92.